The highest BCUT2D eigenvalue weighted by atomic mass is 16.5. The summed E-state index contributed by atoms with van der Waals surface area (Å²) in [5, 5.41) is 0. The van der Waals surface area contributed by atoms with Gasteiger partial charge in [0.05, 0.1) is 12.4 Å². The van der Waals surface area contributed by atoms with E-state index in [1.807, 2.05) is 0 Å². The first-order chi connectivity index (χ1) is 8.06. The molecule has 1 heteroatoms. The van der Waals surface area contributed by atoms with Crippen molar-refractivity contribution in [2.75, 3.05) is 6.61 Å². The van der Waals surface area contributed by atoms with E-state index in [1.54, 1.807) is 0 Å². The molecule has 0 heterocycles. The molecule has 1 saturated carbocycles. The van der Waals surface area contributed by atoms with Crippen molar-refractivity contribution in [1.29, 1.82) is 0 Å². The first-order valence-electron chi connectivity index (χ1n) is 7.36. The molecule has 2 atom stereocenters. The van der Waals surface area contributed by atoms with E-state index in [-0.39, 0.29) is 0 Å². The summed E-state index contributed by atoms with van der Waals surface area (Å²) in [7, 11) is 0. The molecule has 0 aromatic carbocycles. The number of rotatable bonds is 7. The van der Waals surface area contributed by atoms with Crippen LogP contribution in [0.3, 0.4) is 0 Å². The van der Waals surface area contributed by atoms with E-state index >= 15 is 0 Å². The van der Waals surface area contributed by atoms with E-state index in [4.69, 9.17) is 4.74 Å². The van der Waals surface area contributed by atoms with Crippen molar-refractivity contribution >= 4 is 0 Å². The van der Waals surface area contributed by atoms with Crippen molar-refractivity contribution in [2.45, 2.75) is 72.1 Å². The van der Waals surface area contributed by atoms with E-state index in [2.05, 4.69) is 27.4 Å². The number of hydrogen-bond donors (Lipinski definition) is 0. The molecular weight excluding hydrogens is 208 g/mol. The van der Waals surface area contributed by atoms with Crippen molar-refractivity contribution < 1.29 is 4.74 Å². The monoisotopic (exact) mass is 238 g/mol. The van der Waals surface area contributed by atoms with E-state index in [1.165, 1.54) is 44.9 Å². The summed E-state index contributed by atoms with van der Waals surface area (Å²) < 4.78 is 5.88. The standard InChI is InChI=1S/C16H30O/c1-5-6-7-10-15(3)17-13-16(4)11-8-9-14(2)12-16/h14H,3,5-13H2,1-2,4H3. The predicted octanol–water partition coefficient (Wildman–Crippen LogP) is 5.31. The fraction of sp³-hybridized carbons (Fsp3) is 0.875. The normalized spacial score (nSPS) is 29.0. The van der Waals surface area contributed by atoms with Gasteiger partial charge < -0.3 is 4.74 Å². The Morgan fingerprint density at radius 1 is 1.41 bits per heavy atom. The summed E-state index contributed by atoms with van der Waals surface area (Å²) >= 11 is 0. The Hall–Kier alpha value is -0.460. The molecule has 2 unspecified atom stereocenters. The van der Waals surface area contributed by atoms with Gasteiger partial charge in [-0.3, -0.25) is 0 Å². The molecule has 0 amide bonds. The molecule has 0 radical (unpaired) electrons. The Balaban J connectivity index is 2.21. The van der Waals surface area contributed by atoms with E-state index in [9.17, 15) is 0 Å². The van der Waals surface area contributed by atoms with Gasteiger partial charge in [0.25, 0.3) is 0 Å². The van der Waals surface area contributed by atoms with Crippen LogP contribution in [0.15, 0.2) is 12.3 Å². The average Bonchev–Trinajstić information content (AvgIpc) is 2.27. The largest absolute Gasteiger partial charge is 0.498 e. The maximum atomic E-state index is 5.88. The highest BCUT2D eigenvalue weighted by Crippen LogP contribution is 2.39. The van der Waals surface area contributed by atoms with Crippen LogP contribution in [0, 0.1) is 11.3 Å². The number of allylic oxidation sites excluding steroid dienone is 1. The Morgan fingerprint density at radius 2 is 2.18 bits per heavy atom. The fourth-order valence-electron chi connectivity index (χ4n) is 2.97. The zero-order valence-corrected chi connectivity index (χ0v) is 12.1. The van der Waals surface area contributed by atoms with Gasteiger partial charge in [0.15, 0.2) is 0 Å². The predicted molar refractivity (Wildman–Crippen MR) is 75.0 cm³/mol. The molecule has 0 saturated heterocycles. The maximum Gasteiger partial charge on any atom is 0.0930 e. The van der Waals surface area contributed by atoms with Crippen LogP contribution in [0.4, 0.5) is 0 Å². The summed E-state index contributed by atoms with van der Waals surface area (Å²) in [6.45, 7) is 11.9. The molecule has 1 nitrogen and oxygen atoms in total. The molecule has 0 aromatic heterocycles. The number of ether oxygens (including phenoxy) is 1. The Labute approximate surface area is 108 Å². The third-order valence-electron chi connectivity index (χ3n) is 4.00. The van der Waals surface area contributed by atoms with E-state index in [0.717, 1.165) is 24.7 Å². The Kier molecular flexibility index (Phi) is 6.08. The van der Waals surface area contributed by atoms with Gasteiger partial charge >= 0.3 is 0 Å². The third-order valence-corrected chi connectivity index (χ3v) is 4.00. The smallest absolute Gasteiger partial charge is 0.0930 e. The van der Waals surface area contributed by atoms with Crippen molar-refractivity contribution in [1.82, 2.24) is 0 Å². The molecule has 0 aromatic rings. The zero-order chi connectivity index (χ0) is 12.7. The SMILES string of the molecule is C=C(CCCCC)OCC1(C)CCCC(C)C1. The van der Waals surface area contributed by atoms with Crippen LogP contribution >= 0.6 is 0 Å². The lowest BCUT2D eigenvalue weighted by Gasteiger charge is -2.36. The van der Waals surface area contributed by atoms with Crippen LogP contribution in [0.25, 0.3) is 0 Å². The lowest BCUT2D eigenvalue weighted by Crippen LogP contribution is -2.29. The molecule has 1 aliphatic rings. The molecule has 1 rings (SSSR count). The fourth-order valence-corrected chi connectivity index (χ4v) is 2.97. The van der Waals surface area contributed by atoms with Crippen molar-refractivity contribution in [2.24, 2.45) is 11.3 Å². The summed E-state index contributed by atoms with van der Waals surface area (Å²) in [5.41, 5.74) is 0.394. The number of hydrogen-bond acceptors (Lipinski definition) is 1. The minimum absolute atomic E-state index is 0.394. The molecule has 100 valence electrons. The minimum Gasteiger partial charge on any atom is -0.498 e. The summed E-state index contributed by atoms with van der Waals surface area (Å²) in [6, 6.07) is 0. The third kappa shape index (κ3) is 5.61. The van der Waals surface area contributed by atoms with Crippen LogP contribution in [-0.2, 0) is 4.74 Å². The van der Waals surface area contributed by atoms with Gasteiger partial charge in [0, 0.05) is 11.8 Å². The average molecular weight is 238 g/mol. The van der Waals surface area contributed by atoms with Crippen molar-refractivity contribution in [3.8, 4) is 0 Å². The molecule has 0 bridgehead atoms. The van der Waals surface area contributed by atoms with Gasteiger partial charge in [-0.15, -0.1) is 0 Å². The molecule has 0 aliphatic heterocycles. The van der Waals surface area contributed by atoms with Crippen molar-refractivity contribution in [3.05, 3.63) is 12.3 Å². The zero-order valence-electron chi connectivity index (χ0n) is 12.1. The van der Waals surface area contributed by atoms with Gasteiger partial charge in [-0.05, 0) is 25.2 Å². The minimum atomic E-state index is 0.394. The second-order valence-corrected chi connectivity index (χ2v) is 6.30. The summed E-state index contributed by atoms with van der Waals surface area (Å²) in [4.78, 5) is 0. The first kappa shape index (κ1) is 14.6. The summed E-state index contributed by atoms with van der Waals surface area (Å²) in [6.07, 6.45) is 10.2. The van der Waals surface area contributed by atoms with E-state index in [0.29, 0.717) is 5.41 Å². The van der Waals surface area contributed by atoms with Crippen LogP contribution in [0.1, 0.15) is 72.1 Å². The molecule has 17 heavy (non-hydrogen) atoms. The Morgan fingerprint density at radius 3 is 2.82 bits per heavy atom. The van der Waals surface area contributed by atoms with Gasteiger partial charge in [-0.25, -0.2) is 0 Å². The molecular formula is C16H30O. The highest BCUT2D eigenvalue weighted by molar-refractivity contribution is 4.86. The summed E-state index contributed by atoms with van der Waals surface area (Å²) in [5.74, 6) is 1.86. The maximum absolute atomic E-state index is 5.88. The first-order valence-corrected chi connectivity index (χ1v) is 7.36. The topological polar surface area (TPSA) is 9.23 Å². The van der Waals surface area contributed by atoms with E-state index < -0.39 is 0 Å². The second kappa shape index (κ2) is 7.08. The van der Waals surface area contributed by atoms with Crippen LogP contribution in [0.5, 0.6) is 0 Å². The van der Waals surface area contributed by atoms with Gasteiger partial charge in [0.2, 0.25) is 0 Å². The van der Waals surface area contributed by atoms with Gasteiger partial charge in [-0.1, -0.05) is 53.0 Å². The van der Waals surface area contributed by atoms with Gasteiger partial charge in [-0.2, -0.15) is 0 Å². The van der Waals surface area contributed by atoms with Crippen molar-refractivity contribution in [3.63, 3.8) is 0 Å². The quantitative estimate of drug-likeness (QED) is 0.431. The lowest BCUT2D eigenvalue weighted by atomic mass is 9.72. The lowest BCUT2D eigenvalue weighted by molar-refractivity contribution is 0.0510. The molecule has 0 spiro atoms. The molecule has 1 fully saturated rings. The van der Waals surface area contributed by atoms with Gasteiger partial charge in [0.1, 0.15) is 0 Å². The highest BCUT2D eigenvalue weighted by Gasteiger charge is 2.31. The van der Waals surface area contributed by atoms with Crippen LogP contribution < -0.4 is 0 Å². The molecule has 1 aliphatic carbocycles. The van der Waals surface area contributed by atoms with Crippen LogP contribution in [0.2, 0.25) is 0 Å². The molecule has 0 N–H and O–H groups in total. The van der Waals surface area contributed by atoms with Crippen LogP contribution in [-0.4, -0.2) is 6.61 Å². The Bertz CT molecular complexity index is 234. The second-order valence-electron chi connectivity index (χ2n) is 6.30. The number of unbranched alkanes of at least 4 members (excludes halogenated alkanes) is 2.